The van der Waals surface area contributed by atoms with E-state index in [1.54, 1.807) is 29.6 Å². The van der Waals surface area contributed by atoms with Crippen LogP contribution in [-0.4, -0.2) is 29.5 Å². The zero-order valence-electron chi connectivity index (χ0n) is 11.7. The molecule has 0 atom stereocenters. The first-order chi connectivity index (χ1) is 10.7. The zero-order chi connectivity index (χ0) is 15.1. The van der Waals surface area contributed by atoms with E-state index in [-0.39, 0.29) is 12.5 Å². The molecule has 7 heteroatoms. The molecule has 0 saturated carbocycles. The van der Waals surface area contributed by atoms with Crippen LogP contribution in [0.25, 0.3) is 10.2 Å². The SMILES string of the molecule is CN1C(=O)COc2ccc(Nc3ncnc4sccc34)cc21. The number of ether oxygens (including phenoxy) is 1. The molecular weight excluding hydrogens is 300 g/mol. The Bertz CT molecular complexity index is 877. The number of carbonyl (C=O) groups is 1. The molecule has 2 aromatic heterocycles. The van der Waals surface area contributed by atoms with Crippen LogP contribution in [-0.2, 0) is 4.79 Å². The Hall–Kier alpha value is -2.67. The molecule has 1 amide bonds. The highest BCUT2D eigenvalue weighted by Crippen LogP contribution is 2.35. The molecule has 1 aliphatic rings. The van der Waals surface area contributed by atoms with E-state index in [1.165, 1.54) is 0 Å². The Kier molecular flexibility index (Phi) is 2.93. The minimum absolute atomic E-state index is 0.0630. The Labute approximate surface area is 130 Å². The molecule has 1 aliphatic heterocycles. The van der Waals surface area contributed by atoms with Gasteiger partial charge in [-0.1, -0.05) is 0 Å². The first kappa shape index (κ1) is 13.0. The fraction of sp³-hybridized carbons (Fsp3) is 0.133. The Morgan fingerprint density at radius 3 is 3.14 bits per heavy atom. The monoisotopic (exact) mass is 312 g/mol. The lowest BCUT2D eigenvalue weighted by atomic mass is 10.2. The van der Waals surface area contributed by atoms with Gasteiger partial charge in [0.25, 0.3) is 5.91 Å². The molecule has 4 rings (SSSR count). The van der Waals surface area contributed by atoms with Crippen LogP contribution < -0.4 is 15.0 Å². The number of nitrogens with zero attached hydrogens (tertiary/aromatic N) is 3. The van der Waals surface area contributed by atoms with Gasteiger partial charge in [-0.25, -0.2) is 9.97 Å². The van der Waals surface area contributed by atoms with E-state index >= 15 is 0 Å². The second-order valence-electron chi connectivity index (χ2n) is 4.91. The highest BCUT2D eigenvalue weighted by Gasteiger charge is 2.22. The average molecular weight is 312 g/mol. The first-order valence-electron chi connectivity index (χ1n) is 6.71. The van der Waals surface area contributed by atoms with Gasteiger partial charge in [0.15, 0.2) is 6.61 Å². The molecular formula is C15H12N4O2S. The van der Waals surface area contributed by atoms with Crippen LogP contribution in [0.2, 0.25) is 0 Å². The largest absolute Gasteiger partial charge is 0.482 e. The lowest BCUT2D eigenvalue weighted by Crippen LogP contribution is -2.35. The van der Waals surface area contributed by atoms with Crippen molar-refractivity contribution in [2.45, 2.75) is 0 Å². The predicted octanol–water partition coefficient (Wildman–Crippen LogP) is 2.79. The highest BCUT2D eigenvalue weighted by atomic mass is 32.1. The van der Waals surface area contributed by atoms with Gasteiger partial charge >= 0.3 is 0 Å². The Morgan fingerprint density at radius 2 is 2.23 bits per heavy atom. The number of likely N-dealkylation sites (N-methyl/N-ethyl adjacent to an activating group) is 1. The van der Waals surface area contributed by atoms with Crippen molar-refractivity contribution in [2.24, 2.45) is 0 Å². The third-order valence-electron chi connectivity index (χ3n) is 3.57. The first-order valence-corrected chi connectivity index (χ1v) is 7.59. The quantitative estimate of drug-likeness (QED) is 0.788. The molecule has 0 radical (unpaired) electrons. The molecule has 0 spiro atoms. The zero-order valence-corrected chi connectivity index (χ0v) is 12.6. The second-order valence-corrected chi connectivity index (χ2v) is 5.81. The molecule has 110 valence electrons. The van der Waals surface area contributed by atoms with Crippen LogP contribution in [0.4, 0.5) is 17.2 Å². The van der Waals surface area contributed by atoms with E-state index in [1.807, 2.05) is 29.6 Å². The summed E-state index contributed by atoms with van der Waals surface area (Å²) < 4.78 is 5.43. The van der Waals surface area contributed by atoms with E-state index in [0.29, 0.717) is 5.75 Å². The molecule has 0 bridgehead atoms. The molecule has 3 aromatic rings. The van der Waals surface area contributed by atoms with E-state index in [2.05, 4.69) is 15.3 Å². The number of amides is 1. The normalized spacial score (nSPS) is 13.9. The summed E-state index contributed by atoms with van der Waals surface area (Å²) in [5.74, 6) is 1.39. The van der Waals surface area contributed by atoms with Crippen LogP contribution in [0, 0.1) is 0 Å². The maximum Gasteiger partial charge on any atom is 0.264 e. The van der Waals surface area contributed by atoms with Crippen LogP contribution >= 0.6 is 11.3 Å². The van der Waals surface area contributed by atoms with E-state index in [4.69, 9.17) is 4.74 Å². The number of anilines is 3. The average Bonchev–Trinajstić information content (AvgIpc) is 3.01. The summed E-state index contributed by atoms with van der Waals surface area (Å²) in [6.45, 7) is 0.0811. The van der Waals surface area contributed by atoms with E-state index in [0.717, 1.165) is 27.4 Å². The number of carbonyl (C=O) groups excluding carboxylic acids is 1. The fourth-order valence-electron chi connectivity index (χ4n) is 2.38. The molecule has 22 heavy (non-hydrogen) atoms. The summed E-state index contributed by atoms with van der Waals surface area (Å²) in [5, 5.41) is 6.24. The number of benzene rings is 1. The summed E-state index contributed by atoms with van der Waals surface area (Å²) in [4.78, 5) is 22.8. The number of rotatable bonds is 2. The molecule has 3 heterocycles. The fourth-order valence-corrected chi connectivity index (χ4v) is 3.11. The van der Waals surface area contributed by atoms with Crippen LogP contribution in [0.5, 0.6) is 5.75 Å². The van der Waals surface area contributed by atoms with Crippen molar-refractivity contribution in [3.8, 4) is 5.75 Å². The van der Waals surface area contributed by atoms with Gasteiger partial charge in [-0.2, -0.15) is 0 Å². The lowest BCUT2D eigenvalue weighted by molar-refractivity contribution is -0.120. The van der Waals surface area contributed by atoms with Crippen molar-refractivity contribution < 1.29 is 9.53 Å². The van der Waals surface area contributed by atoms with Gasteiger partial charge in [-0.3, -0.25) is 4.79 Å². The molecule has 0 fully saturated rings. The topological polar surface area (TPSA) is 67.3 Å². The minimum atomic E-state index is -0.0630. The number of hydrogen-bond donors (Lipinski definition) is 1. The lowest BCUT2D eigenvalue weighted by Gasteiger charge is -2.26. The van der Waals surface area contributed by atoms with E-state index in [9.17, 15) is 4.79 Å². The van der Waals surface area contributed by atoms with Crippen molar-refractivity contribution in [3.63, 3.8) is 0 Å². The second kappa shape index (κ2) is 4.96. The van der Waals surface area contributed by atoms with Crippen molar-refractivity contribution in [1.82, 2.24) is 9.97 Å². The van der Waals surface area contributed by atoms with Gasteiger partial charge < -0.3 is 15.0 Å². The van der Waals surface area contributed by atoms with Gasteiger partial charge in [0.2, 0.25) is 0 Å². The number of fused-ring (bicyclic) bond motifs is 2. The standard InChI is InChI=1S/C15H12N4O2S/c1-19-11-6-9(2-3-12(11)21-7-13(19)20)18-14-10-4-5-22-15(10)17-8-16-14/h2-6,8H,7H2,1H3,(H,16,17,18). The van der Waals surface area contributed by atoms with Crippen molar-refractivity contribution >= 4 is 44.7 Å². The summed E-state index contributed by atoms with van der Waals surface area (Å²) in [6, 6.07) is 7.63. The minimum Gasteiger partial charge on any atom is -0.482 e. The van der Waals surface area contributed by atoms with Crippen LogP contribution in [0.15, 0.2) is 36.0 Å². The van der Waals surface area contributed by atoms with Crippen LogP contribution in [0.1, 0.15) is 0 Å². The van der Waals surface area contributed by atoms with E-state index < -0.39 is 0 Å². The summed E-state index contributed by atoms with van der Waals surface area (Å²) in [7, 11) is 1.75. The predicted molar refractivity (Wildman–Crippen MR) is 86.0 cm³/mol. The van der Waals surface area contributed by atoms with Gasteiger partial charge in [0.1, 0.15) is 22.7 Å². The molecule has 0 aliphatic carbocycles. The third kappa shape index (κ3) is 2.06. The Balaban J connectivity index is 1.72. The van der Waals surface area contributed by atoms with Gasteiger partial charge in [-0.15, -0.1) is 11.3 Å². The number of nitrogens with one attached hydrogen (secondary N) is 1. The number of hydrogen-bond acceptors (Lipinski definition) is 6. The summed E-state index contributed by atoms with van der Waals surface area (Å²) in [5.41, 5.74) is 1.59. The maximum absolute atomic E-state index is 11.7. The maximum atomic E-state index is 11.7. The summed E-state index contributed by atoms with van der Waals surface area (Å²) in [6.07, 6.45) is 1.54. The summed E-state index contributed by atoms with van der Waals surface area (Å²) >= 11 is 1.57. The van der Waals surface area contributed by atoms with Crippen molar-refractivity contribution in [3.05, 3.63) is 36.0 Å². The highest BCUT2D eigenvalue weighted by molar-refractivity contribution is 7.16. The van der Waals surface area contributed by atoms with Gasteiger partial charge in [-0.05, 0) is 29.6 Å². The molecule has 1 aromatic carbocycles. The van der Waals surface area contributed by atoms with Crippen molar-refractivity contribution in [1.29, 1.82) is 0 Å². The van der Waals surface area contributed by atoms with Gasteiger partial charge in [0, 0.05) is 12.7 Å². The number of aromatic nitrogens is 2. The molecule has 6 nitrogen and oxygen atoms in total. The molecule has 0 saturated heterocycles. The third-order valence-corrected chi connectivity index (χ3v) is 4.39. The Morgan fingerprint density at radius 1 is 1.32 bits per heavy atom. The number of thiophene rings is 1. The smallest absolute Gasteiger partial charge is 0.264 e. The van der Waals surface area contributed by atoms with Gasteiger partial charge in [0.05, 0.1) is 11.1 Å². The van der Waals surface area contributed by atoms with Crippen LogP contribution in [0.3, 0.4) is 0 Å². The van der Waals surface area contributed by atoms with Crippen molar-refractivity contribution in [2.75, 3.05) is 23.9 Å². The molecule has 1 N–H and O–H groups in total. The molecule has 0 unspecified atom stereocenters.